The number of carbonyl (C=O) groups excluding carboxylic acids is 1. The molecule has 1 amide bonds. The Kier molecular flexibility index (Phi) is 6.82. The van der Waals surface area contributed by atoms with Gasteiger partial charge in [0.25, 0.3) is 0 Å². The first-order valence-corrected chi connectivity index (χ1v) is 11.0. The second-order valence-corrected chi connectivity index (χ2v) is 8.27. The number of hydrazone groups is 1. The first-order chi connectivity index (χ1) is 15.5. The van der Waals surface area contributed by atoms with E-state index in [2.05, 4.69) is 28.8 Å². The number of amides is 1. The van der Waals surface area contributed by atoms with Crippen LogP contribution in [0.4, 0.5) is 5.69 Å². The molecule has 4 rings (SSSR count). The lowest BCUT2D eigenvalue weighted by atomic mass is 10.1. The summed E-state index contributed by atoms with van der Waals surface area (Å²) in [4.78, 5) is 14.6. The minimum absolute atomic E-state index is 0.0921. The second kappa shape index (κ2) is 9.93. The monoisotopic (exact) mass is 449 g/mol. The van der Waals surface area contributed by atoms with Gasteiger partial charge in [0.15, 0.2) is 5.11 Å². The molecule has 0 atom stereocenters. The van der Waals surface area contributed by atoms with Crippen LogP contribution in [0.5, 0.6) is 0 Å². The molecule has 32 heavy (non-hydrogen) atoms. The van der Waals surface area contributed by atoms with Crippen LogP contribution >= 0.6 is 12.2 Å². The lowest BCUT2D eigenvalue weighted by Gasteiger charge is -2.27. The van der Waals surface area contributed by atoms with Crippen LogP contribution in [0, 0.1) is 13.8 Å². The number of anilines is 1. The van der Waals surface area contributed by atoms with Gasteiger partial charge < -0.3 is 19.5 Å². The molecule has 1 aliphatic rings. The van der Waals surface area contributed by atoms with Crippen molar-refractivity contribution >= 4 is 46.0 Å². The normalized spacial score (nSPS) is 14.1. The lowest BCUT2D eigenvalue weighted by molar-refractivity contribution is -0.135. The summed E-state index contributed by atoms with van der Waals surface area (Å²) < 4.78 is 7.32. The molecule has 1 aliphatic heterocycles. The molecule has 3 aromatic rings. The minimum Gasteiger partial charge on any atom is -0.378 e. The molecule has 2 N–H and O–H groups in total. The van der Waals surface area contributed by atoms with Crippen molar-refractivity contribution in [2.75, 3.05) is 31.6 Å². The third-order valence-corrected chi connectivity index (χ3v) is 5.68. The number of hydrogen-bond donors (Lipinski definition) is 2. The lowest BCUT2D eigenvalue weighted by Crippen LogP contribution is -2.42. The van der Waals surface area contributed by atoms with Gasteiger partial charge in [-0.1, -0.05) is 35.9 Å². The van der Waals surface area contributed by atoms with Crippen LogP contribution in [0.1, 0.15) is 16.7 Å². The molecular formula is C24H27N5O2S. The maximum absolute atomic E-state index is 12.7. The van der Waals surface area contributed by atoms with Gasteiger partial charge in [-0.2, -0.15) is 5.10 Å². The van der Waals surface area contributed by atoms with E-state index in [0.717, 1.165) is 27.7 Å². The molecule has 166 valence electrons. The van der Waals surface area contributed by atoms with E-state index in [9.17, 15) is 4.79 Å². The predicted octanol–water partition coefficient (Wildman–Crippen LogP) is 3.44. The molecule has 2 heterocycles. The van der Waals surface area contributed by atoms with E-state index in [-0.39, 0.29) is 12.5 Å². The van der Waals surface area contributed by atoms with Gasteiger partial charge in [-0.15, -0.1) is 0 Å². The summed E-state index contributed by atoms with van der Waals surface area (Å²) >= 11 is 5.37. The Morgan fingerprint density at radius 2 is 1.97 bits per heavy atom. The predicted molar refractivity (Wildman–Crippen MR) is 132 cm³/mol. The van der Waals surface area contributed by atoms with Crippen molar-refractivity contribution in [1.82, 2.24) is 14.9 Å². The molecule has 1 saturated heterocycles. The number of nitrogens with zero attached hydrogens (tertiary/aromatic N) is 3. The van der Waals surface area contributed by atoms with Gasteiger partial charge in [0.1, 0.15) is 6.54 Å². The highest BCUT2D eigenvalue weighted by Crippen LogP contribution is 2.20. The number of carbonyl (C=O) groups is 1. The van der Waals surface area contributed by atoms with Crippen LogP contribution in [0.25, 0.3) is 10.9 Å². The molecule has 0 aliphatic carbocycles. The average Bonchev–Trinajstić information content (AvgIpc) is 3.14. The van der Waals surface area contributed by atoms with Gasteiger partial charge in [-0.3, -0.25) is 10.2 Å². The van der Waals surface area contributed by atoms with Crippen LogP contribution in [0.3, 0.4) is 0 Å². The molecule has 8 heteroatoms. The molecule has 0 unspecified atom stereocenters. The van der Waals surface area contributed by atoms with Crippen molar-refractivity contribution in [3.63, 3.8) is 0 Å². The molecule has 2 aromatic carbocycles. The Morgan fingerprint density at radius 3 is 2.75 bits per heavy atom. The Labute approximate surface area is 193 Å². The number of aromatic nitrogens is 1. The highest BCUT2D eigenvalue weighted by atomic mass is 32.1. The molecule has 1 aromatic heterocycles. The minimum atomic E-state index is 0.0921. The standard InChI is InChI=1S/C24H27N5O2S/c1-17-7-8-21(18(2)13-17)26-24(32)27-25-14-19-15-29(22-6-4-3-5-20(19)22)16-23(30)28-9-11-31-12-10-28/h3-8,13-15H,9-12,16H2,1-2H3,(H2,26,27,32)/b25-14-. The SMILES string of the molecule is Cc1ccc(NC(=S)N/N=C\c2cn(CC(=O)N3CCOCC3)c3ccccc23)c(C)c1. The summed E-state index contributed by atoms with van der Waals surface area (Å²) in [5, 5.41) is 8.93. The largest absolute Gasteiger partial charge is 0.378 e. The summed E-state index contributed by atoms with van der Waals surface area (Å²) in [6.45, 7) is 6.85. The number of aryl methyl sites for hydroxylation is 2. The van der Waals surface area contributed by atoms with Crippen molar-refractivity contribution in [2.24, 2.45) is 5.10 Å². The van der Waals surface area contributed by atoms with E-state index >= 15 is 0 Å². The summed E-state index contributed by atoms with van der Waals surface area (Å²) in [6, 6.07) is 14.1. The van der Waals surface area contributed by atoms with Crippen molar-refractivity contribution in [3.8, 4) is 0 Å². The maximum Gasteiger partial charge on any atom is 0.242 e. The van der Waals surface area contributed by atoms with E-state index in [0.29, 0.717) is 31.4 Å². The zero-order valence-electron chi connectivity index (χ0n) is 18.3. The fourth-order valence-electron chi connectivity index (χ4n) is 3.83. The van der Waals surface area contributed by atoms with Gasteiger partial charge in [0.2, 0.25) is 5.91 Å². The molecule has 0 bridgehead atoms. The van der Waals surface area contributed by atoms with Crippen molar-refractivity contribution in [1.29, 1.82) is 0 Å². The van der Waals surface area contributed by atoms with Gasteiger partial charge in [-0.25, -0.2) is 0 Å². The Balaban J connectivity index is 1.45. The van der Waals surface area contributed by atoms with Crippen molar-refractivity contribution in [2.45, 2.75) is 20.4 Å². The Bertz CT molecular complexity index is 1160. The number of fused-ring (bicyclic) bond motifs is 1. The van der Waals surface area contributed by atoms with Gasteiger partial charge in [0, 0.05) is 41.4 Å². The number of rotatable bonds is 5. The second-order valence-electron chi connectivity index (χ2n) is 7.87. The summed E-state index contributed by atoms with van der Waals surface area (Å²) in [7, 11) is 0. The zero-order chi connectivity index (χ0) is 22.5. The fourth-order valence-corrected chi connectivity index (χ4v) is 3.99. The third kappa shape index (κ3) is 5.15. The van der Waals surface area contributed by atoms with Crippen LogP contribution in [0.2, 0.25) is 0 Å². The first-order valence-electron chi connectivity index (χ1n) is 10.6. The molecule has 1 fully saturated rings. The number of para-hydroxylation sites is 1. The number of benzene rings is 2. The highest BCUT2D eigenvalue weighted by Gasteiger charge is 2.18. The maximum atomic E-state index is 12.7. The van der Waals surface area contributed by atoms with Gasteiger partial charge in [0.05, 0.1) is 19.4 Å². The molecule has 0 saturated carbocycles. The summed E-state index contributed by atoms with van der Waals surface area (Å²) in [6.07, 6.45) is 3.68. The van der Waals surface area contributed by atoms with E-state index in [1.165, 1.54) is 5.56 Å². The zero-order valence-corrected chi connectivity index (χ0v) is 19.1. The highest BCUT2D eigenvalue weighted by molar-refractivity contribution is 7.80. The summed E-state index contributed by atoms with van der Waals surface area (Å²) in [5.74, 6) is 0.0921. The van der Waals surface area contributed by atoms with Crippen LogP contribution in [0.15, 0.2) is 53.8 Å². The topological polar surface area (TPSA) is 70.9 Å². The average molecular weight is 450 g/mol. The van der Waals surface area contributed by atoms with Crippen LogP contribution < -0.4 is 10.7 Å². The Morgan fingerprint density at radius 1 is 1.19 bits per heavy atom. The quantitative estimate of drug-likeness (QED) is 0.355. The van der Waals surface area contributed by atoms with Crippen LogP contribution in [-0.4, -0.2) is 53.0 Å². The number of ether oxygens (including phenoxy) is 1. The van der Waals surface area contributed by atoms with E-state index in [4.69, 9.17) is 17.0 Å². The van der Waals surface area contributed by atoms with Crippen LogP contribution in [-0.2, 0) is 16.1 Å². The van der Waals surface area contributed by atoms with Crippen molar-refractivity contribution < 1.29 is 9.53 Å². The molecule has 0 spiro atoms. The van der Waals surface area contributed by atoms with E-state index in [1.807, 2.05) is 59.0 Å². The number of hydrogen-bond acceptors (Lipinski definition) is 4. The summed E-state index contributed by atoms with van der Waals surface area (Å²) in [5.41, 5.74) is 8.05. The van der Waals surface area contributed by atoms with E-state index in [1.54, 1.807) is 6.21 Å². The molecular weight excluding hydrogens is 422 g/mol. The Hall–Kier alpha value is -3.23. The fraction of sp³-hybridized carbons (Fsp3) is 0.292. The molecule has 7 nitrogen and oxygen atoms in total. The third-order valence-electron chi connectivity index (χ3n) is 5.49. The number of thiocarbonyl (C=S) groups is 1. The number of morpholine rings is 1. The van der Waals surface area contributed by atoms with E-state index < -0.39 is 0 Å². The van der Waals surface area contributed by atoms with Gasteiger partial charge >= 0.3 is 0 Å². The molecule has 0 radical (unpaired) electrons. The number of nitrogens with one attached hydrogen (secondary N) is 2. The van der Waals surface area contributed by atoms with Crippen molar-refractivity contribution in [3.05, 3.63) is 65.4 Å². The smallest absolute Gasteiger partial charge is 0.242 e. The van der Waals surface area contributed by atoms with Gasteiger partial charge in [-0.05, 0) is 43.8 Å². The first kappa shape index (κ1) is 22.0.